The van der Waals surface area contributed by atoms with Crippen molar-refractivity contribution in [1.29, 1.82) is 0 Å². The number of nitrogens with zero attached hydrogens (tertiary/aromatic N) is 1. The molecule has 0 saturated carbocycles. The number of anilines is 1. The monoisotopic (exact) mass is 271 g/mol. The molecule has 102 valence electrons. The molecule has 2 rings (SSSR count). The number of nitrogens with two attached hydrogens (primary N) is 1. The van der Waals surface area contributed by atoms with Crippen LogP contribution in [0.3, 0.4) is 0 Å². The van der Waals surface area contributed by atoms with E-state index in [0.717, 1.165) is 6.07 Å². The van der Waals surface area contributed by atoms with Crippen molar-refractivity contribution in [3.8, 4) is 11.3 Å². The summed E-state index contributed by atoms with van der Waals surface area (Å²) in [7, 11) is 0. The molecule has 0 radical (unpaired) electrons. The van der Waals surface area contributed by atoms with Crippen LogP contribution in [-0.4, -0.2) is 18.2 Å². The van der Waals surface area contributed by atoms with E-state index >= 15 is 0 Å². The van der Waals surface area contributed by atoms with Crippen LogP contribution in [0.4, 0.5) is 18.9 Å². The van der Waals surface area contributed by atoms with E-state index in [1.807, 2.05) is 0 Å². The standard InChI is InChI=1S/C12H12F3N3O/c13-12(14,15)9-4-2-1-3-8(9)11-10(7-18-19-11)17-6-5-16/h1-4,7,17H,5-6,16H2. The van der Waals surface area contributed by atoms with Gasteiger partial charge in [-0.25, -0.2) is 0 Å². The van der Waals surface area contributed by atoms with Gasteiger partial charge in [-0.3, -0.25) is 0 Å². The SMILES string of the molecule is NCCNc1cnoc1-c1ccccc1C(F)(F)F. The van der Waals surface area contributed by atoms with E-state index in [2.05, 4.69) is 10.5 Å². The van der Waals surface area contributed by atoms with Crippen LogP contribution in [-0.2, 0) is 6.18 Å². The Labute approximate surface area is 107 Å². The summed E-state index contributed by atoms with van der Waals surface area (Å²) in [4.78, 5) is 0. The summed E-state index contributed by atoms with van der Waals surface area (Å²) >= 11 is 0. The molecule has 19 heavy (non-hydrogen) atoms. The van der Waals surface area contributed by atoms with Crippen LogP contribution in [0.5, 0.6) is 0 Å². The lowest BCUT2D eigenvalue weighted by Crippen LogP contribution is -2.13. The third kappa shape index (κ3) is 2.87. The number of hydrogen-bond acceptors (Lipinski definition) is 4. The minimum absolute atomic E-state index is 0.0491. The molecule has 4 nitrogen and oxygen atoms in total. The fourth-order valence-corrected chi connectivity index (χ4v) is 1.69. The number of nitrogens with one attached hydrogen (secondary N) is 1. The molecule has 0 unspecified atom stereocenters. The Balaban J connectivity index is 2.45. The Morgan fingerprint density at radius 3 is 2.68 bits per heavy atom. The molecule has 7 heteroatoms. The van der Waals surface area contributed by atoms with Gasteiger partial charge in [0.05, 0.1) is 11.8 Å². The predicted octanol–water partition coefficient (Wildman–Crippen LogP) is 2.73. The van der Waals surface area contributed by atoms with Gasteiger partial charge >= 0.3 is 6.18 Å². The maximum Gasteiger partial charge on any atom is 0.417 e. The number of aromatic nitrogens is 1. The number of halogens is 3. The van der Waals surface area contributed by atoms with Crippen molar-refractivity contribution >= 4 is 5.69 Å². The van der Waals surface area contributed by atoms with Gasteiger partial charge in [0, 0.05) is 18.7 Å². The lowest BCUT2D eigenvalue weighted by molar-refractivity contribution is -0.137. The average molecular weight is 271 g/mol. The van der Waals surface area contributed by atoms with E-state index in [0.29, 0.717) is 18.8 Å². The van der Waals surface area contributed by atoms with Crippen molar-refractivity contribution in [2.45, 2.75) is 6.18 Å². The second kappa shape index (κ2) is 5.31. The zero-order valence-corrected chi connectivity index (χ0v) is 9.87. The molecule has 0 aliphatic rings. The van der Waals surface area contributed by atoms with Crippen molar-refractivity contribution in [2.24, 2.45) is 5.73 Å². The first kappa shape index (κ1) is 13.4. The van der Waals surface area contributed by atoms with Crippen molar-refractivity contribution < 1.29 is 17.7 Å². The highest BCUT2D eigenvalue weighted by molar-refractivity contribution is 5.74. The number of hydrogen-bond donors (Lipinski definition) is 2. The zero-order chi connectivity index (χ0) is 13.9. The van der Waals surface area contributed by atoms with Gasteiger partial charge in [0.25, 0.3) is 0 Å². The van der Waals surface area contributed by atoms with Gasteiger partial charge in [0.1, 0.15) is 5.69 Å². The van der Waals surface area contributed by atoms with Crippen LogP contribution in [0.15, 0.2) is 35.0 Å². The molecule has 3 N–H and O–H groups in total. The van der Waals surface area contributed by atoms with E-state index in [-0.39, 0.29) is 11.3 Å². The fourth-order valence-electron chi connectivity index (χ4n) is 1.69. The molecular formula is C12H12F3N3O. The van der Waals surface area contributed by atoms with E-state index in [4.69, 9.17) is 10.3 Å². The van der Waals surface area contributed by atoms with Gasteiger partial charge in [0.2, 0.25) is 0 Å². The van der Waals surface area contributed by atoms with Gasteiger partial charge in [0.15, 0.2) is 5.76 Å². The summed E-state index contributed by atoms with van der Waals surface area (Å²) in [5.74, 6) is 0.0568. The van der Waals surface area contributed by atoms with Crippen molar-refractivity contribution in [2.75, 3.05) is 18.4 Å². The third-order valence-electron chi connectivity index (χ3n) is 2.51. The molecule has 0 saturated heterocycles. The maximum atomic E-state index is 12.9. The van der Waals surface area contributed by atoms with Crippen molar-refractivity contribution in [3.63, 3.8) is 0 Å². The number of benzene rings is 1. The highest BCUT2D eigenvalue weighted by atomic mass is 19.4. The molecule has 0 aliphatic heterocycles. The largest absolute Gasteiger partial charge is 0.417 e. The molecular weight excluding hydrogens is 259 g/mol. The molecule has 0 bridgehead atoms. The lowest BCUT2D eigenvalue weighted by Gasteiger charge is -2.11. The first-order valence-corrected chi connectivity index (χ1v) is 5.59. The summed E-state index contributed by atoms with van der Waals surface area (Å²) in [5, 5.41) is 6.40. The number of rotatable bonds is 4. The summed E-state index contributed by atoms with van der Waals surface area (Å²) in [5.41, 5.74) is 4.92. The van der Waals surface area contributed by atoms with E-state index in [1.54, 1.807) is 0 Å². The fraction of sp³-hybridized carbons (Fsp3) is 0.250. The minimum Gasteiger partial charge on any atom is -0.379 e. The Morgan fingerprint density at radius 2 is 2.00 bits per heavy atom. The van der Waals surface area contributed by atoms with E-state index < -0.39 is 11.7 Å². The molecule has 0 fully saturated rings. The molecule has 0 aliphatic carbocycles. The predicted molar refractivity (Wildman–Crippen MR) is 64.5 cm³/mol. The Morgan fingerprint density at radius 1 is 1.26 bits per heavy atom. The minimum atomic E-state index is -4.45. The molecule has 0 atom stereocenters. The van der Waals surface area contributed by atoms with Gasteiger partial charge in [-0.05, 0) is 6.07 Å². The van der Waals surface area contributed by atoms with Gasteiger partial charge < -0.3 is 15.6 Å². The van der Waals surface area contributed by atoms with Crippen LogP contribution in [0.2, 0.25) is 0 Å². The van der Waals surface area contributed by atoms with Gasteiger partial charge in [-0.15, -0.1) is 0 Å². The van der Waals surface area contributed by atoms with Crippen LogP contribution in [0, 0.1) is 0 Å². The normalized spacial score (nSPS) is 11.6. The summed E-state index contributed by atoms with van der Waals surface area (Å²) in [6.45, 7) is 0.772. The van der Waals surface area contributed by atoms with Gasteiger partial charge in [-0.1, -0.05) is 23.4 Å². The van der Waals surface area contributed by atoms with Gasteiger partial charge in [-0.2, -0.15) is 13.2 Å². The first-order chi connectivity index (χ1) is 9.04. The Hall–Kier alpha value is -2.02. The molecule has 0 amide bonds. The molecule has 0 spiro atoms. The zero-order valence-electron chi connectivity index (χ0n) is 9.87. The topological polar surface area (TPSA) is 64.1 Å². The van der Waals surface area contributed by atoms with Crippen LogP contribution in [0.1, 0.15) is 5.56 Å². The second-order valence-corrected chi connectivity index (χ2v) is 3.83. The maximum absolute atomic E-state index is 12.9. The third-order valence-corrected chi connectivity index (χ3v) is 2.51. The summed E-state index contributed by atoms with van der Waals surface area (Å²) < 4.78 is 43.7. The summed E-state index contributed by atoms with van der Waals surface area (Å²) in [6, 6.07) is 5.19. The first-order valence-electron chi connectivity index (χ1n) is 5.59. The Bertz CT molecular complexity index is 551. The van der Waals surface area contributed by atoms with Crippen molar-refractivity contribution in [1.82, 2.24) is 5.16 Å². The summed E-state index contributed by atoms with van der Waals surface area (Å²) in [6.07, 6.45) is -3.12. The number of alkyl halides is 3. The van der Waals surface area contributed by atoms with E-state index in [9.17, 15) is 13.2 Å². The smallest absolute Gasteiger partial charge is 0.379 e. The molecule has 1 heterocycles. The lowest BCUT2D eigenvalue weighted by atomic mass is 10.0. The van der Waals surface area contributed by atoms with Crippen LogP contribution < -0.4 is 11.1 Å². The molecule has 1 aromatic heterocycles. The van der Waals surface area contributed by atoms with Crippen molar-refractivity contribution in [3.05, 3.63) is 36.0 Å². The highest BCUT2D eigenvalue weighted by Crippen LogP contribution is 2.39. The molecule has 1 aromatic carbocycles. The Kier molecular flexibility index (Phi) is 3.75. The van der Waals surface area contributed by atoms with Crippen LogP contribution >= 0.6 is 0 Å². The van der Waals surface area contributed by atoms with Crippen LogP contribution in [0.25, 0.3) is 11.3 Å². The molecule has 2 aromatic rings. The van der Waals surface area contributed by atoms with E-state index in [1.165, 1.54) is 24.4 Å². The highest BCUT2D eigenvalue weighted by Gasteiger charge is 2.34. The second-order valence-electron chi connectivity index (χ2n) is 3.83. The quantitative estimate of drug-likeness (QED) is 0.897. The average Bonchev–Trinajstić information content (AvgIpc) is 2.83.